The number of carbonyl (C=O) groups excluding carboxylic acids is 1. The molecule has 2 rings (SSSR count). The Hall–Kier alpha value is -2.01. The molecule has 0 saturated heterocycles. The number of hydrogen-bond acceptors (Lipinski definition) is 3. The molecule has 1 amide bonds. The highest BCUT2D eigenvalue weighted by Crippen LogP contribution is 2.18. The van der Waals surface area contributed by atoms with Crippen molar-refractivity contribution in [1.82, 2.24) is 15.1 Å². The number of benzene rings is 1. The Bertz CT molecular complexity index is 711. The first-order valence-electron chi connectivity index (χ1n) is 8.20. The summed E-state index contributed by atoms with van der Waals surface area (Å²) in [5.74, 6) is -0.0578. The zero-order valence-corrected chi connectivity index (χ0v) is 15.5. The molecule has 0 aliphatic carbocycles. The number of aromatic nitrogens is 2. The van der Waals surface area contributed by atoms with E-state index in [0.717, 1.165) is 24.5 Å². The number of nitrogens with one attached hydrogen (secondary N) is 1. The van der Waals surface area contributed by atoms with Gasteiger partial charge >= 0.3 is 0 Å². The molecule has 0 aliphatic heterocycles. The lowest BCUT2D eigenvalue weighted by Crippen LogP contribution is -2.36. The molecule has 1 aromatic carbocycles. The van der Waals surface area contributed by atoms with Crippen molar-refractivity contribution < 1.29 is 4.79 Å². The molecule has 1 N–H and O–H groups in total. The number of hydrogen-bond donors (Lipinski definition) is 1. The van der Waals surface area contributed by atoms with Crippen LogP contribution in [0.4, 0.5) is 5.69 Å². The fourth-order valence-corrected chi connectivity index (χ4v) is 2.78. The zero-order chi connectivity index (χ0) is 17.7. The number of aryl methyl sites for hydroxylation is 2. The van der Waals surface area contributed by atoms with Crippen LogP contribution in [0, 0.1) is 20.8 Å². The van der Waals surface area contributed by atoms with Gasteiger partial charge in [0.25, 0.3) is 0 Å². The van der Waals surface area contributed by atoms with Crippen molar-refractivity contribution in [3.8, 4) is 0 Å². The lowest BCUT2D eigenvalue weighted by molar-refractivity contribution is -0.121. The SMILES string of the molecule is CCN(CCNC(=O)Cn1nc(C)c(Cl)c1C)c1cccc(C)c1. The molecule has 0 aliphatic rings. The number of nitrogens with zero attached hydrogens (tertiary/aromatic N) is 3. The maximum atomic E-state index is 12.1. The van der Waals surface area contributed by atoms with E-state index in [1.807, 2.05) is 13.8 Å². The van der Waals surface area contributed by atoms with Crippen LogP contribution in [-0.2, 0) is 11.3 Å². The van der Waals surface area contributed by atoms with E-state index < -0.39 is 0 Å². The molecule has 0 fully saturated rings. The number of halogens is 1. The van der Waals surface area contributed by atoms with Gasteiger partial charge in [-0.05, 0) is 45.4 Å². The van der Waals surface area contributed by atoms with Gasteiger partial charge in [-0.1, -0.05) is 23.7 Å². The number of likely N-dealkylation sites (N-methyl/N-ethyl adjacent to an activating group) is 1. The van der Waals surface area contributed by atoms with Crippen molar-refractivity contribution in [3.05, 3.63) is 46.2 Å². The number of carbonyl (C=O) groups is 1. The fraction of sp³-hybridized carbons (Fsp3) is 0.444. The molecule has 0 bridgehead atoms. The Kier molecular flexibility index (Phi) is 6.26. The van der Waals surface area contributed by atoms with Gasteiger partial charge in [0, 0.05) is 25.3 Å². The Labute approximate surface area is 148 Å². The van der Waals surface area contributed by atoms with Gasteiger partial charge in [-0.3, -0.25) is 9.48 Å². The Morgan fingerprint density at radius 1 is 1.33 bits per heavy atom. The van der Waals surface area contributed by atoms with Crippen molar-refractivity contribution in [2.75, 3.05) is 24.5 Å². The van der Waals surface area contributed by atoms with Gasteiger partial charge in [-0.15, -0.1) is 0 Å². The summed E-state index contributed by atoms with van der Waals surface area (Å²) in [4.78, 5) is 14.4. The molecule has 6 heteroatoms. The second-order valence-corrected chi connectivity index (χ2v) is 6.29. The largest absolute Gasteiger partial charge is 0.370 e. The van der Waals surface area contributed by atoms with Crippen LogP contribution in [0.1, 0.15) is 23.9 Å². The number of rotatable bonds is 7. The summed E-state index contributed by atoms with van der Waals surface area (Å²) in [5.41, 5.74) is 3.98. The van der Waals surface area contributed by atoms with Crippen LogP contribution in [-0.4, -0.2) is 35.3 Å². The van der Waals surface area contributed by atoms with Crippen LogP contribution in [0.3, 0.4) is 0 Å². The predicted molar refractivity (Wildman–Crippen MR) is 98.8 cm³/mol. The van der Waals surface area contributed by atoms with E-state index in [2.05, 4.69) is 53.4 Å². The molecule has 0 unspecified atom stereocenters. The van der Waals surface area contributed by atoms with Crippen molar-refractivity contribution in [2.45, 2.75) is 34.2 Å². The zero-order valence-electron chi connectivity index (χ0n) is 14.8. The normalized spacial score (nSPS) is 10.7. The molecular weight excluding hydrogens is 324 g/mol. The summed E-state index contributed by atoms with van der Waals surface area (Å²) in [6, 6.07) is 8.39. The molecule has 130 valence electrons. The molecule has 5 nitrogen and oxygen atoms in total. The average molecular weight is 349 g/mol. The molecule has 1 heterocycles. The summed E-state index contributed by atoms with van der Waals surface area (Å²) in [7, 11) is 0. The van der Waals surface area contributed by atoms with E-state index in [1.54, 1.807) is 4.68 Å². The minimum absolute atomic E-state index is 0.0578. The van der Waals surface area contributed by atoms with Gasteiger partial charge in [0.15, 0.2) is 0 Å². The highest BCUT2D eigenvalue weighted by molar-refractivity contribution is 6.31. The van der Waals surface area contributed by atoms with Crippen molar-refractivity contribution in [3.63, 3.8) is 0 Å². The van der Waals surface area contributed by atoms with Gasteiger partial charge < -0.3 is 10.2 Å². The topological polar surface area (TPSA) is 50.2 Å². The fourth-order valence-electron chi connectivity index (χ4n) is 2.65. The Balaban J connectivity index is 1.86. The van der Waals surface area contributed by atoms with E-state index >= 15 is 0 Å². The Morgan fingerprint density at radius 3 is 2.67 bits per heavy atom. The number of anilines is 1. The van der Waals surface area contributed by atoms with Gasteiger partial charge in [0.2, 0.25) is 5.91 Å². The highest BCUT2D eigenvalue weighted by atomic mass is 35.5. The third kappa shape index (κ3) is 4.51. The smallest absolute Gasteiger partial charge is 0.241 e. The lowest BCUT2D eigenvalue weighted by atomic mass is 10.2. The minimum atomic E-state index is -0.0578. The highest BCUT2D eigenvalue weighted by Gasteiger charge is 2.12. The van der Waals surface area contributed by atoms with Crippen molar-refractivity contribution >= 4 is 23.2 Å². The van der Waals surface area contributed by atoms with Crippen molar-refractivity contribution in [2.24, 2.45) is 0 Å². The first-order valence-corrected chi connectivity index (χ1v) is 8.58. The molecule has 0 atom stereocenters. The molecule has 0 radical (unpaired) electrons. The molecule has 24 heavy (non-hydrogen) atoms. The van der Waals surface area contributed by atoms with Crippen LogP contribution in [0.2, 0.25) is 5.02 Å². The lowest BCUT2D eigenvalue weighted by Gasteiger charge is -2.23. The monoisotopic (exact) mass is 348 g/mol. The van der Waals surface area contributed by atoms with Gasteiger partial charge in [0.1, 0.15) is 6.54 Å². The van der Waals surface area contributed by atoms with E-state index in [-0.39, 0.29) is 12.5 Å². The molecular formula is C18H25ClN4O. The molecule has 0 saturated carbocycles. The standard InChI is InChI=1S/C18H25ClN4O/c1-5-22(16-8-6-7-13(2)11-16)10-9-20-17(24)12-23-15(4)18(19)14(3)21-23/h6-8,11H,5,9-10,12H2,1-4H3,(H,20,24). The molecule has 1 aromatic heterocycles. The van der Waals surface area contributed by atoms with Gasteiger partial charge in [-0.2, -0.15) is 5.10 Å². The number of amides is 1. The summed E-state index contributed by atoms with van der Waals surface area (Å²) >= 11 is 6.11. The van der Waals surface area contributed by atoms with E-state index in [1.165, 1.54) is 11.3 Å². The summed E-state index contributed by atoms with van der Waals surface area (Å²) in [6.07, 6.45) is 0. The average Bonchev–Trinajstić information content (AvgIpc) is 2.78. The van der Waals surface area contributed by atoms with Crippen LogP contribution in [0.25, 0.3) is 0 Å². The first kappa shape index (κ1) is 18.3. The Morgan fingerprint density at radius 2 is 2.08 bits per heavy atom. The van der Waals surface area contributed by atoms with Crippen LogP contribution in [0.5, 0.6) is 0 Å². The quantitative estimate of drug-likeness (QED) is 0.836. The summed E-state index contributed by atoms with van der Waals surface area (Å²) in [6.45, 7) is 10.3. The summed E-state index contributed by atoms with van der Waals surface area (Å²) < 4.78 is 1.64. The first-order chi connectivity index (χ1) is 11.4. The second kappa shape index (κ2) is 8.20. The van der Waals surface area contributed by atoms with Gasteiger partial charge in [0.05, 0.1) is 16.4 Å². The molecule has 2 aromatic rings. The van der Waals surface area contributed by atoms with E-state index in [9.17, 15) is 4.79 Å². The van der Waals surface area contributed by atoms with Gasteiger partial charge in [-0.25, -0.2) is 0 Å². The third-order valence-electron chi connectivity index (χ3n) is 4.04. The minimum Gasteiger partial charge on any atom is -0.370 e. The van der Waals surface area contributed by atoms with Crippen LogP contribution in [0.15, 0.2) is 24.3 Å². The second-order valence-electron chi connectivity index (χ2n) is 5.91. The maximum Gasteiger partial charge on any atom is 0.241 e. The predicted octanol–water partition coefficient (Wildman–Crippen LogP) is 3.10. The van der Waals surface area contributed by atoms with Crippen LogP contribution >= 0.6 is 11.6 Å². The van der Waals surface area contributed by atoms with E-state index in [0.29, 0.717) is 11.6 Å². The maximum absolute atomic E-state index is 12.1. The van der Waals surface area contributed by atoms with Crippen LogP contribution < -0.4 is 10.2 Å². The third-order valence-corrected chi connectivity index (χ3v) is 4.59. The molecule has 0 spiro atoms. The van der Waals surface area contributed by atoms with E-state index in [4.69, 9.17) is 11.6 Å². The summed E-state index contributed by atoms with van der Waals surface area (Å²) in [5, 5.41) is 7.86. The van der Waals surface area contributed by atoms with Crippen molar-refractivity contribution in [1.29, 1.82) is 0 Å².